The van der Waals surface area contributed by atoms with Crippen LogP contribution in [-0.4, -0.2) is 23.9 Å². The Morgan fingerprint density at radius 1 is 1.44 bits per heavy atom. The Morgan fingerprint density at radius 3 is 2.56 bits per heavy atom. The number of benzene rings is 1. The summed E-state index contributed by atoms with van der Waals surface area (Å²) < 4.78 is 0.933. The third-order valence-electron chi connectivity index (χ3n) is 2.43. The van der Waals surface area contributed by atoms with E-state index in [1.54, 1.807) is 4.90 Å². The number of rotatable bonds is 4. The highest BCUT2D eigenvalue weighted by Gasteiger charge is 2.21. The maximum atomic E-state index is 12.0. The molecule has 0 saturated heterocycles. The van der Waals surface area contributed by atoms with Crippen LogP contribution in [0.25, 0.3) is 0 Å². The zero-order valence-corrected chi connectivity index (χ0v) is 11.8. The molecule has 0 aliphatic rings. The molecule has 1 aromatic carbocycles. The third kappa shape index (κ3) is 3.22. The van der Waals surface area contributed by atoms with Crippen LogP contribution in [0.3, 0.4) is 0 Å². The van der Waals surface area contributed by atoms with Gasteiger partial charge in [-0.05, 0) is 31.5 Å². The number of hydrogen-bond acceptors (Lipinski definition) is 1. The summed E-state index contributed by atoms with van der Waals surface area (Å²) >= 11 is 9.54. The quantitative estimate of drug-likeness (QED) is 0.778. The third-order valence-corrected chi connectivity index (χ3v) is 3.37. The van der Waals surface area contributed by atoms with Crippen molar-refractivity contribution >= 4 is 33.4 Å². The summed E-state index contributed by atoms with van der Waals surface area (Å²) in [5.41, 5.74) is 0.827. The first-order chi connectivity index (χ1) is 7.60. The van der Waals surface area contributed by atoms with Crippen molar-refractivity contribution < 1.29 is 4.79 Å². The molecule has 0 fully saturated rings. The van der Waals surface area contributed by atoms with Gasteiger partial charge in [-0.25, -0.2) is 0 Å². The SMILES string of the molecule is CCN(CC)C(=O)C(Cl)c1cccc(Br)c1. The Bertz CT molecular complexity index is 366. The van der Waals surface area contributed by atoms with Crippen molar-refractivity contribution in [2.75, 3.05) is 13.1 Å². The molecule has 0 spiro atoms. The molecule has 0 saturated carbocycles. The van der Waals surface area contributed by atoms with Crippen molar-refractivity contribution in [3.8, 4) is 0 Å². The van der Waals surface area contributed by atoms with Crippen LogP contribution < -0.4 is 0 Å². The van der Waals surface area contributed by atoms with Gasteiger partial charge in [0.1, 0.15) is 5.38 Å². The van der Waals surface area contributed by atoms with Gasteiger partial charge in [0.15, 0.2) is 0 Å². The van der Waals surface area contributed by atoms with Gasteiger partial charge in [0.2, 0.25) is 5.91 Å². The fraction of sp³-hybridized carbons (Fsp3) is 0.417. The largest absolute Gasteiger partial charge is 0.342 e. The van der Waals surface area contributed by atoms with Crippen molar-refractivity contribution in [3.05, 3.63) is 34.3 Å². The number of likely N-dealkylation sites (N-methyl/N-ethyl adjacent to an activating group) is 1. The lowest BCUT2D eigenvalue weighted by atomic mass is 10.1. The van der Waals surface area contributed by atoms with Crippen molar-refractivity contribution in [2.45, 2.75) is 19.2 Å². The number of alkyl halides is 1. The van der Waals surface area contributed by atoms with E-state index >= 15 is 0 Å². The lowest BCUT2D eigenvalue weighted by Crippen LogP contribution is -2.33. The summed E-state index contributed by atoms with van der Waals surface area (Å²) in [5, 5.41) is -0.600. The van der Waals surface area contributed by atoms with Crippen LogP contribution in [-0.2, 0) is 4.79 Å². The van der Waals surface area contributed by atoms with E-state index in [-0.39, 0.29) is 5.91 Å². The van der Waals surface area contributed by atoms with Gasteiger partial charge in [0.25, 0.3) is 0 Å². The van der Waals surface area contributed by atoms with Gasteiger partial charge < -0.3 is 4.90 Å². The van der Waals surface area contributed by atoms with Gasteiger partial charge in [-0.15, -0.1) is 11.6 Å². The van der Waals surface area contributed by atoms with Gasteiger partial charge in [0, 0.05) is 17.6 Å². The molecule has 0 aromatic heterocycles. The molecule has 1 rings (SSSR count). The molecule has 0 N–H and O–H groups in total. The average molecular weight is 305 g/mol. The molecule has 0 bridgehead atoms. The van der Waals surface area contributed by atoms with Gasteiger partial charge in [-0.3, -0.25) is 4.79 Å². The molecule has 1 unspecified atom stereocenters. The molecule has 0 heterocycles. The summed E-state index contributed by atoms with van der Waals surface area (Å²) in [7, 11) is 0. The minimum Gasteiger partial charge on any atom is -0.342 e. The highest BCUT2D eigenvalue weighted by Crippen LogP contribution is 2.25. The Hall–Kier alpha value is -0.540. The number of amides is 1. The van der Waals surface area contributed by atoms with Crippen molar-refractivity contribution in [1.82, 2.24) is 4.90 Å². The van der Waals surface area contributed by atoms with E-state index in [0.717, 1.165) is 10.0 Å². The lowest BCUT2D eigenvalue weighted by Gasteiger charge is -2.21. The average Bonchev–Trinajstić information content (AvgIpc) is 2.29. The number of nitrogens with zero attached hydrogens (tertiary/aromatic N) is 1. The number of hydrogen-bond donors (Lipinski definition) is 0. The molecule has 1 amide bonds. The molecule has 0 radical (unpaired) electrons. The van der Waals surface area contributed by atoms with Crippen LogP contribution >= 0.6 is 27.5 Å². The molecule has 1 atom stereocenters. The highest BCUT2D eigenvalue weighted by molar-refractivity contribution is 9.10. The summed E-state index contributed by atoms with van der Waals surface area (Å²) in [5.74, 6) is -0.0373. The summed E-state index contributed by atoms with van der Waals surface area (Å²) in [6, 6.07) is 7.53. The van der Waals surface area contributed by atoms with Gasteiger partial charge >= 0.3 is 0 Å². The molecular weight excluding hydrogens is 289 g/mol. The second-order valence-corrected chi connectivity index (χ2v) is 4.78. The van der Waals surface area contributed by atoms with Crippen LogP contribution in [0.4, 0.5) is 0 Å². The molecule has 0 aliphatic carbocycles. The van der Waals surface area contributed by atoms with Crippen molar-refractivity contribution in [1.29, 1.82) is 0 Å². The molecule has 1 aromatic rings. The Balaban J connectivity index is 2.85. The van der Waals surface area contributed by atoms with E-state index < -0.39 is 5.38 Å². The fourth-order valence-corrected chi connectivity index (χ4v) is 2.19. The molecule has 0 aliphatic heterocycles. The van der Waals surface area contributed by atoms with Gasteiger partial charge in [-0.1, -0.05) is 28.1 Å². The second-order valence-electron chi connectivity index (χ2n) is 3.43. The van der Waals surface area contributed by atoms with Crippen molar-refractivity contribution in [2.24, 2.45) is 0 Å². The molecule has 88 valence electrons. The van der Waals surface area contributed by atoms with E-state index in [9.17, 15) is 4.79 Å². The van der Waals surface area contributed by atoms with Gasteiger partial charge in [0.05, 0.1) is 0 Å². The Morgan fingerprint density at radius 2 is 2.06 bits per heavy atom. The Labute approximate surface area is 110 Å². The molecule has 4 heteroatoms. The Kier molecular flexibility index (Phi) is 5.29. The zero-order valence-electron chi connectivity index (χ0n) is 9.41. The summed E-state index contributed by atoms with van der Waals surface area (Å²) in [4.78, 5) is 13.7. The second kappa shape index (κ2) is 6.26. The predicted molar refractivity (Wildman–Crippen MR) is 70.7 cm³/mol. The van der Waals surface area contributed by atoms with Crippen LogP contribution in [0.15, 0.2) is 28.7 Å². The topological polar surface area (TPSA) is 20.3 Å². The number of carbonyl (C=O) groups excluding carboxylic acids is 1. The smallest absolute Gasteiger partial charge is 0.245 e. The summed E-state index contributed by atoms with van der Waals surface area (Å²) in [6.45, 7) is 5.27. The van der Waals surface area contributed by atoms with Crippen LogP contribution in [0, 0.1) is 0 Å². The monoisotopic (exact) mass is 303 g/mol. The van der Waals surface area contributed by atoms with E-state index in [4.69, 9.17) is 11.6 Å². The lowest BCUT2D eigenvalue weighted by molar-refractivity contribution is -0.130. The van der Waals surface area contributed by atoms with Crippen LogP contribution in [0.5, 0.6) is 0 Å². The maximum absolute atomic E-state index is 12.0. The molecular formula is C12H15BrClNO. The first-order valence-electron chi connectivity index (χ1n) is 5.28. The van der Waals surface area contributed by atoms with E-state index in [1.165, 1.54) is 0 Å². The van der Waals surface area contributed by atoms with Gasteiger partial charge in [-0.2, -0.15) is 0 Å². The van der Waals surface area contributed by atoms with Crippen LogP contribution in [0.2, 0.25) is 0 Å². The zero-order chi connectivity index (χ0) is 12.1. The van der Waals surface area contributed by atoms with E-state index in [1.807, 2.05) is 38.1 Å². The van der Waals surface area contributed by atoms with Crippen molar-refractivity contribution in [3.63, 3.8) is 0 Å². The molecule has 16 heavy (non-hydrogen) atoms. The standard InChI is InChI=1S/C12H15BrClNO/c1-3-15(4-2)12(16)11(14)9-6-5-7-10(13)8-9/h5-8,11H,3-4H2,1-2H3. The normalized spacial score (nSPS) is 12.2. The number of carbonyl (C=O) groups is 1. The van der Waals surface area contributed by atoms with E-state index in [2.05, 4.69) is 15.9 Å². The predicted octanol–water partition coefficient (Wildman–Crippen LogP) is 3.60. The highest BCUT2D eigenvalue weighted by atomic mass is 79.9. The number of halogens is 2. The molecule has 2 nitrogen and oxygen atoms in total. The minimum absolute atomic E-state index is 0.0373. The fourth-order valence-electron chi connectivity index (χ4n) is 1.50. The van der Waals surface area contributed by atoms with Crippen LogP contribution in [0.1, 0.15) is 24.8 Å². The maximum Gasteiger partial charge on any atom is 0.245 e. The first-order valence-corrected chi connectivity index (χ1v) is 6.51. The summed E-state index contributed by atoms with van der Waals surface area (Å²) in [6.07, 6.45) is 0. The van der Waals surface area contributed by atoms with E-state index in [0.29, 0.717) is 13.1 Å². The minimum atomic E-state index is -0.600. The first kappa shape index (κ1) is 13.5.